The molecule has 2 heterocycles. The number of carbonyl (C=O) groups is 1. The van der Waals surface area contributed by atoms with E-state index in [1.165, 1.54) is 20.0 Å². The van der Waals surface area contributed by atoms with Gasteiger partial charge in [-0.1, -0.05) is 6.92 Å². The molecule has 1 aromatic carbocycles. The number of esters is 1. The number of fused-ring (bicyclic) bond motifs is 1. The summed E-state index contributed by atoms with van der Waals surface area (Å²) in [5.74, 6) is 0.970. The molecule has 0 bridgehead atoms. The lowest BCUT2D eigenvalue weighted by atomic mass is 9.99. The Kier molecular flexibility index (Phi) is 4.43. The summed E-state index contributed by atoms with van der Waals surface area (Å²) in [5.41, 5.74) is 0.750. The molecule has 1 aliphatic heterocycles. The third-order valence-corrected chi connectivity index (χ3v) is 4.43. The second-order valence-electron chi connectivity index (χ2n) is 6.19. The van der Waals surface area contributed by atoms with Crippen LogP contribution in [-0.4, -0.2) is 41.0 Å². The highest BCUT2D eigenvalue weighted by Gasteiger charge is 2.17. The molecule has 0 unspecified atom stereocenters. The van der Waals surface area contributed by atoms with Gasteiger partial charge < -0.3 is 9.72 Å². The molecule has 1 saturated heterocycles. The standard InChI is InChI=1S/C17H21N3O3/c1-11-5-7-20(8-6-11)10-15-18-14-9-12(17(22)23-2)3-4-13(14)16(21)19-15/h3-4,9,11H,5-8,10H2,1-2H3,(H,18,19,21). The lowest BCUT2D eigenvalue weighted by Crippen LogP contribution is -2.33. The zero-order valence-electron chi connectivity index (χ0n) is 13.5. The van der Waals surface area contributed by atoms with Crippen LogP contribution >= 0.6 is 0 Å². The largest absolute Gasteiger partial charge is 0.465 e. The average Bonchev–Trinajstić information content (AvgIpc) is 2.55. The summed E-state index contributed by atoms with van der Waals surface area (Å²) in [5, 5.41) is 0.480. The summed E-state index contributed by atoms with van der Waals surface area (Å²) in [6, 6.07) is 4.80. The van der Waals surface area contributed by atoms with Crippen LogP contribution in [0.15, 0.2) is 23.0 Å². The van der Waals surface area contributed by atoms with Gasteiger partial charge >= 0.3 is 5.97 Å². The smallest absolute Gasteiger partial charge is 0.337 e. The number of ether oxygens (including phenoxy) is 1. The molecule has 0 atom stereocenters. The van der Waals surface area contributed by atoms with E-state index in [-0.39, 0.29) is 5.56 Å². The van der Waals surface area contributed by atoms with E-state index >= 15 is 0 Å². The van der Waals surface area contributed by atoms with Gasteiger partial charge in [0.15, 0.2) is 0 Å². The average molecular weight is 315 g/mol. The van der Waals surface area contributed by atoms with Crippen molar-refractivity contribution in [2.45, 2.75) is 26.3 Å². The molecule has 23 heavy (non-hydrogen) atoms. The Morgan fingerprint density at radius 2 is 2.13 bits per heavy atom. The van der Waals surface area contributed by atoms with Gasteiger partial charge in [0.2, 0.25) is 0 Å². The van der Waals surface area contributed by atoms with Gasteiger partial charge in [-0.3, -0.25) is 9.69 Å². The molecule has 1 fully saturated rings. The Morgan fingerprint density at radius 3 is 2.83 bits per heavy atom. The summed E-state index contributed by atoms with van der Waals surface area (Å²) in [6.07, 6.45) is 2.34. The molecule has 1 aliphatic rings. The monoisotopic (exact) mass is 315 g/mol. The van der Waals surface area contributed by atoms with E-state index in [1.54, 1.807) is 18.2 Å². The summed E-state index contributed by atoms with van der Waals surface area (Å²) in [4.78, 5) is 33.5. The number of aromatic nitrogens is 2. The summed E-state index contributed by atoms with van der Waals surface area (Å²) >= 11 is 0. The van der Waals surface area contributed by atoms with Gasteiger partial charge in [-0.15, -0.1) is 0 Å². The van der Waals surface area contributed by atoms with Crippen molar-refractivity contribution in [2.24, 2.45) is 5.92 Å². The number of piperidine rings is 1. The fourth-order valence-corrected chi connectivity index (χ4v) is 2.94. The van der Waals surface area contributed by atoms with Crippen LogP contribution in [0.4, 0.5) is 0 Å². The highest BCUT2D eigenvalue weighted by molar-refractivity contribution is 5.93. The van der Waals surface area contributed by atoms with Gasteiger partial charge in [0, 0.05) is 0 Å². The molecule has 122 valence electrons. The van der Waals surface area contributed by atoms with Crippen molar-refractivity contribution in [3.05, 3.63) is 39.9 Å². The third-order valence-electron chi connectivity index (χ3n) is 4.43. The Morgan fingerprint density at radius 1 is 1.39 bits per heavy atom. The van der Waals surface area contributed by atoms with Crippen molar-refractivity contribution < 1.29 is 9.53 Å². The predicted molar refractivity (Wildman–Crippen MR) is 87.4 cm³/mol. The normalized spacial score (nSPS) is 16.6. The number of likely N-dealkylation sites (tertiary alicyclic amines) is 1. The molecule has 6 heteroatoms. The molecule has 0 aliphatic carbocycles. The molecule has 6 nitrogen and oxygen atoms in total. The maximum atomic E-state index is 12.2. The van der Waals surface area contributed by atoms with Gasteiger partial charge in [0.05, 0.1) is 30.1 Å². The number of nitrogens with one attached hydrogen (secondary N) is 1. The van der Waals surface area contributed by atoms with Crippen molar-refractivity contribution in [3.8, 4) is 0 Å². The quantitative estimate of drug-likeness (QED) is 0.876. The van der Waals surface area contributed by atoms with Gasteiger partial charge in [-0.05, 0) is 50.0 Å². The Balaban J connectivity index is 1.89. The van der Waals surface area contributed by atoms with Crippen molar-refractivity contribution in [1.29, 1.82) is 0 Å². The van der Waals surface area contributed by atoms with Crippen LogP contribution in [0.3, 0.4) is 0 Å². The minimum Gasteiger partial charge on any atom is -0.465 e. The Bertz CT molecular complexity index is 776. The minimum atomic E-state index is -0.430. The molecule has 1 N–H and O–H groups in total. The zero-order valence-corrected chi connectivity index (χ0v) is 13.5. The first kappa shape index (κ1) is 15.7. The predicted octanol–water partition coefficient (Wildman–Crippen LogP) is 1.94. The van der Waals surface area contributed by atoms with Gasteiger partial charge in [-0.2, -0.15) is 0 Å². The van der Waals surface area contributed by atoms with Crippen molar-refractivity contribution in [1.82, 2.24) is 14.9 Å². The molecule has 0 spiro atoms. The van der Waals surface area contributed by atoms with E-state index in [0.717, 1.165) is 19.0 Å². The molecule has 0 saturated carbocycles. The van der Waals surface area contributed by atoms with E-state index in [2.05, 4.69) is 21.8 Å². The van der Waals surface area contributed by atoms with Crippen LogP contribution < -0.4 is 5.56 Å². The number of hydrogen-bond donors (Lipinski definition) is 1. The Labute approximate surface area is 134 Å². The number of H-pyrrole nitrogens is 1. The Hall–Kier alpha value is -2.21. The summed E-state index contributed by atoms with van der Waals surface area (Å²) in [7, 11) is 1.33. The van der Waals surface area contributed by atoms with E-state index in [0.29, 0.717) is 28.8 Å². The molecular weight excluding hydrogens is 294 g/mol. The highest BCUT2D eigenvalue weighted by Crippen LogP contribution is 2.18. The lowest BCUT2D eigenvalue weighted by molar-refractivity contribution is 0.0601. The first-order valence-corrected chi connectivity index (χ1v) is 7.90. The fourth-order valence-electron chi connectivity index (χ4n) is 2.94. The zero-order chi connectivity index (χ0) is 16.4. The molecule has 1 aromatic heterocycles. The lowest BCUT2D eigenvalue weighted by Gasteiger charge is -2.29. The second kappa shape index (κ2) is 6.50. The molecular formula is C17H21N3O3. The van der Waals surface area contributed by atoms with E-state index in [1.807, 2.05) is 0 Å². The van der Waals surface area contributed by atoms with Crippen LogP contribution in [0, 0.1) is 5.92 Å². The van der Waals surface area contributed by atoms with Crippen LogP contribution in [-0.2, 0) is 11.3 Å². The number of benzene rings is 1. The van der Waals surface area contributed by atoms with Crippen molar-refractivity contribution in [3.63, 3.8) is 0 Å². The third kappa shape index (κ3) is 3.42. The number of hydrogen-bond acceptors (Lipinski definition) is 5. The molecule has 0 amide bonds. The molecule has 0 radical (unpaired) electrons. The highest BCUT2D eigenvalue weighted by atomic mass is 16.5. The SMILES string of the molecule is COC(=O)c1ccc2c(=O)[nH]c(CN3CCC(C)CC3)nc2c1. The number of methoxy groups -OCH3 is 1. The maximum absolute atomic E-state index is 12.2. The van der Waals surface area contributed by atoms with Gasteiger partial charge in [-0.25, -0.2) is 9.78 Å². The van der Waals surface area contributed by atoms with Gasteiger partial charge in [0.1, 0.15) is 5.82 Å². The molecule has 2 aromatic rings. The first-order valence-electron chi connectivity index (χ1n) is 7.90. The van der Waals surface area contributed by atoms with Gasteiger partial charge in [0.25, 0.3) is 5.56 Å². The summed E-state index contributed by atoms with van der Waals surface area (Å²) < 4.78 is 4.72. The number of nitrogens with zero attached hydrogens (tertiary/aromatic N) is 2. The van der Waals surface area contributed by atoms with Crippen LogP contribution in [0.5, 0.6) is 0 Å². The van der Waals surface area contributed by atoms with Crippen LogP contribution in [0.25, 0.3) is 10.9 Å². The summed E-state index contributed by atoms with van der Waals surface area (Å²) in [6.45, 7) is 4.93. The van der Waals surface area contributed by atoms with Crippen molar-refractivity contribution >= 4 is 16.9 Å². The number of aromatic amines is 1. The number of carbonyl (C=O) groups excluding carboxylic acids is 1. The minimum absolute atomic E-state index is 0.174. The molecule has 3 rings (SSSR count). The van der Waals surface area contributed by atoms with Crippen molar-refractivity contribution in [2.75, 3.05) is 20.2 Å². The number of rotatable bonds is 3. The maximum Gasteiger partial charge on any atom is 0.337 e. The fraction of sp³-hybridized carbons (Fsp3) is 0.471. The van der Waals surface area contributed by atoms with E-state index in [9.17, 15) is 9.59 Å². The van der Waals surface area contributed by atoms with E-state index < -0.39 is 5.97 Å². The van der Waals surface area contributed by atoms with Crippen LogP contribution in [0.2, 0.25) is 0 Å². The topological polar surface area (TPSA) is 75.3 Å². The first-order chi connectivity index (χ1) is 11.1. The van der Waals surface area contributed by atoms with Crippen LogP contribution in [0.1, 0.15) is 35.9 Å². The van der Waals surface area contributed by atoms with E-state index in [4.69, 9.17) is 4.74 Å². The second-order valence-corrected chi connectivity index (χ2v) is 6.19.